The average molecular weight is 339 g/mol. The van der Waals surface area contributed by atoms with Crippen LogP contribution in [0.25, 0.3) is 0 Å². The lowest BCUT2D eigenvalue weighted by Crippen LogP contribution is -2.52. The second-order valence-corrected chi connectivity index (χ2v) is 7.34. The highest BCUT2D eigenvalue weighted by Crippen LogP contribution is 2.34. The van der Waals surface area contributed by atoms with Gasteiger partial charge in [-0.3, -0.25) is 9.69 Å². The number of para-hydroxylation sites is 1. The number of piperidine rings is 1. The number of amides is 1. The van der Waals surface area contributed by atoms with Gasteiger partial charge >= 0.3 is 0 Å². The Bertz CT molecular complexity index is 733. The van der Waals surface area contributed by atoms with Crippen molar-refractivity contribution in [2.45, 2.75) is 37.9 Å². The number of likely N-dealkylation sites (tertiary alicyclic amines) is 1. The average Bonchev–Trinajstić information content (AvgIpc) is 3.11. The summed E-state index contributed by atoms with van der Waals surface area (Å²) in [6.45, 7) is 3.44. The molecule has 2 aromatic rings. The molecule has 0 unspecified atom stereocenters. The summed E-state index contributed by atoms with van der Waals surface area (Å²) in [5, 5.41) is 3.75. The Morgan fingerprint density at radius 3 is 2.72 bits per heavy atom. The van der Waals surface area contributed by atoms with Crippen molar-refractivity contribution in [3.63, 3.8) is 0 Å². The van der Waals surface area contributed by atoms with Gasteiger partial charge in [-0.15, -0.1) is 0 Å². The Balaban J connectivity index is 1.52. The minimum absolute atomic E-state index is 0.151. The molecule has 2 aliphatic heterocycles. The maximum absolute atomic E-state index is 12.6. The van der Waals surface area contributed by atoms with Crippen molar-refractivity contribution in [1.29, 1.82) is 0 Å². The molecule has 1 amide bonds. The third-order valence-corrected chi connectivity index (χ3v) is 5.51. The summed E-state index contributed by atoms with van der Waals surface area (Å²) in [6.07, 6.45) is 4.21. The van der Waals surface area contributed by atoms with Crippen LogP contribution in [0.4, 0.5) is 5.69 Å². The lowest BCUT2D eigenvalue weighted by molar-refractivity contribution is -0.132. The summed E-state index contributed by atoms with van der Waals surface area (Å²) in [7, 11) is 1.91. The van der Waals surface area contributed by atoms with Gasteiger partial charge in [0.2, 0.25) is 5.91 Å². The summed E-state index contributed by atoms with van der Waals surface area (Å²) >= 11 is 0. The Morgan fingerprint density at radius 2 is 1.96 bits per heavy atom. The summed E-state index contributed by atoms with van der Waals surface area (Å²) in [5.41, 5.74) is 2.21. The van der Waals surface area contributed by atoms with Crippen LogP contribution in [0.1, 0.15) is 30.6 Å². The van der Waals surface area contributed by atoms with E-state index in [-0.39, 0.29) is 11.4 Å². The maximum atomic E-state index is 12.6. The fraction of sp³-hybridized carbons (Fsp3) is 0.450. The molecule has 1 aromatic carbocycles. The van der Waals surface area contributed by atoms with Gasteiger partial charge in [-0.25, -0.2) is 0 Å². The Labute approximate surface area is 148 Å². The summed E-state index contributed by atoms with van der Waals surface area (Å²) in [6, 6.07) is 12.3. The smallest absolute Gasteiger partial charge is 0.224 e. The summed E-state index contributed by atoms with van der Waals surface area (Å²) < 4.78 is 5.47. The van der Waals surface area contributed by atoms with Gasteiger partial charge in [-0.1, -0.05) is 18.2 Å². The van der Waals surface area contributed by atoms with Crippen LogP contribution in [0.15, 0.2) is 47.1 Å². The number of nitrogens with one attached hydrogen (secondary N) is 1. The minimum Gasteiger partial charge on any atom is -0.468 e. The topological polar surface area (TPSA) is 48.7 Å². The predicted octanol–water partition coefficient (Wildman–Crippen LogP) is 3.09. The number of carbonyl (C=O) groups is 1. The normalized spacial score (nSPS) is 20.7. The molecule has 1 fully saturated rings. The van der Waals surface area contributed by atoms with Crippen molar-refractivity contribution in [2.24, 2.45) is 0 Å². The molecule has 0 bridgehead atoms. The second kappa shape index (κ2) is 6.56. The van der Waals surface area contributed by atoms with E-state index in [9.17, 15) is 4.79 Å². The van der Waals surface area contributed by atoms with Crippen molar-refractivity contribution >= 4 is 11.6 Å². The second-order valence-electron chi connectivity index (χ2n) is 7.34. The number of hydrogen-bond donors (Lipinski definition) is 1. The maximum Gasteiger partial charge on any atom is 0.224 e. The molecular weight excluding hydrogens is 314 g/mol. The Hall–Kier alpha value is -2.27. The highest BCUT2D eigenvalue weighted by molar-refractivity contribution is 5.79. The number of hydrogen-bond acceptors (Lipinski definition) is 4. The Morgan fingerprint density at radius 1 is 1.16 bits per heavy atom. The number of benzene rings is 1. The van der Waals surface area contributed by atoms with Crippen LogP contribution in [0.2, 0.25) is 0 Å². The molecule has 25 heavy (non-hydrogen) atoms. The third kappa shape index (κ3) is 3.42. The van der Waals surface area contributed by atoms with Gasteiger partial charge in [-0.05, 0) is 36.6 Å². The van der Waals surface area contributed by atoms with E-state index in [0.717, 1.165) is 38.2 Å². The molecule has 1 saturated heterocycles. The zero-order valence-electron chi connectivity index (χ0n) is 14.7. The van der Waals surface area contributed by atoms with Crippen molar-refractivity contribution in [3.05, 3.63) is 54.0 Å². The molecule has 1 aromatic heterocycles. The van der Waals surface area contributed by atoms with E-state index in [0.29, 0.717) is 13.0 Å². The molecule has 2 aliphatic rings. The number of anilines is 1. The van der Waals surface area contributed by atoms with E-state index in [1.807, 2.05) is 30.1 Å². The van der Waals surface area contributed by atoms with Crippen LogP contribution in [0.5, 0.6) is 0 Å². The molecule has 0 aliphatic carbocycles. The molecule has 0 atom stereocenters. The number of fused-ring (bicyclic) bond motifs is 1. The van der Waals surface area contributed by atoms with Gasteiger partial charge in [0, 0.05) is 44.3 Å². The van der Waals surface area contributed by atoms with Crippen LogP contribution in [0.3, 0.4) is 0 Å². The lowest BCUT2D eigenvalue weighted by atomic mass is 9.82. The van der Waals surface area contributed by atoms with E-state index >= 15 is 0 Å². The van der Waals surface area contributed by atoms with Gasteiger partial charge in [0.25, 0.3) is 0 Å². The largest absolute Gasteiger partial charge is 0.468 e. The van der Waals surface area contributed by atoms with Crippen molar-refractivity contribution < 1.29 is 9.21 Å². The molecule has 0 saturated carbocycles. The first-order valence-electron chi connectivity index (χ1n) is 8.98. The van der Waals surface area contributed by atoms with Crippen LogP contribution in [0, 0.1) is 0 Å². The van der Waals surface area contributed by atoms with Crippen molar-refractivity contribution in [3.8, 4) is 0 Å². The van der Waals surface area contributed by atoms with Crippen molar-refractivity contribution in [2.75, 3.05) is 25.5 Å². The molecule has 5 heteroatoms. The standard InChI is InChI=1S/C20H25N3O2/c1-22-14-16-5-2-3-7-18(16)21-20(13-19(22)24)8-10-23(11-9-20)15-17-6-4-12-25-17/h2-7,12,21H,8-11,13-15H2,1H3. The molecule has 132 valence electrons. The highest BCUT2D eigenvalue weighted by atomic mass is 16.3. The van der Waals surface area contributed by atoms with Gasteiger partial charge in [-0.2, -0.15) is 0 Å². The fourth-order valence-electron chi connectivity index (χ4n) is 3.94. The number of carbonyl (C=O) groups excluding carboxylic acids is 1. The van der Waals surface area contributed by atoms with Crippen LogP contribution in [-0.4, -0.2) is 41.4 Å². The van der Waals surface area contributed by atoms with E-state index in [1.54, 1.807) is 6.26 Å². The van der Waals surface area contributed by atoms with E-state index in [1.165, 1.54) is 11.3 Å². The molecular formula is C20H25N3O2. The van der Waals surface area contributed by atoms with Crippen LogP contribution < -0.4 is 5.32 Å². The van der Waals surface area contributed by atoms with E-state index < -0.39 is 0 Å². The first kappa shape index (κ1) is 16.2. The molecule has 5 nitrogen and oxygen atoms in total. The van der Waals surface area contributed by atoms with Gasteiger partial charge in [0.05, 0.1) is 12.8 Å². The summed E-state index contributed by atoms with van der Waals surface area (Å²) in [4.78, 5) is 16.9. The lowest BCUT2D eigenvalue weighted by Gasteiger charge is -2.44. The molecule has 3 heterocycles. The zero-order valence-corrected chi connectivity index (χ0v) is 14.7. The van der Waals surface area contributed by atoms with Crippen molar-refractivity contribution in [1.82, 2.24) is 9.80 Å². The highest BCUT2D eigenvalue weighted by Gasteiger charge is 2.39. The Kier molecular flexibility index (Phi) is 4.25. The first-order chi connectivity index (χ1) is 12.1. The van der Waals surface area contributed by atoms with Crippen LogP contribution in [-0.2, 0) is 17.9 Å². The first-order valence-corrected chi connectivity index (χ1v) is 8.98. The number of nitrogens with zero attached hydrogens (tertiary/aromatic N) is 2. The van der Waals surface area contributed by atoms with Crippen LogP contribution >= 0.6 is 0 Å². The van der Waals surface area contributed by atoms with Gasteiger partial charge in [0.15, 0.2) is 0 Å². The molecule has 4 rings (SSSR count). The third-order valence-electron chi connectivity index (χ3n) is 5.51. The SMILES string of the molecule is CN1Cc2ccccc2NC2(CCN(Cc3ccco3)CC2)CC1=O. The quantitative estimate of drug-likeness (QED) is 0.913. The molecule has 0 radical (unpaired) electrons. The minimum atomic E-state index is -0.151. The number of furan rings is 1. The van der Waals surface area contributed by atoms with Gasteiger partial charge < -0.3 is 14.6 Å². The summed E-state index contributed by atoms with van der Waals surface area (Å²) in [5.74, 6) is 1.23. The predicted molar refractivity (Wildman–Crippen MR) is 97.1 cm³/mol. The zero-order chi connectivity index (χ0) is 17.3. The monoisotopic (exact) mass is 339 g/mol. The van der Waals surface area contributed by atoms with Gasteiger partial charge in [0.1, 0.15) is 5.76 Å². The van der Waals surface area contributed by atoms with E-state index in [2.05, 4.69) is 28.4 Å². The fourth-order valence-corrected chi connectivity index (χ4v) is 3.94. The van der Waals surface area contributed by atoms with E-state index in [4.69, 9.17) is 4.42 Å². The molecule has 1 N–H and O–H groups in total. The number of rotatable bonds is 2. The molecule has 1 spiro atoms.